The molecule has 4 heteroatoms. The van der Waals surface area contributed by atoms with E-state index in [-0.39, 0.29) is 11.9 Å². The number of carbonyl (C=O) groups excluding carboxylic acids is 1. The van der Waals surface area contributed by atoms with Crippen LogP contribution in [0.5, 0.6) is 0 Å². The van der Waals surface area contributed by atoms with Gasteiger partial charge in [-0.25, -0.2) is 0 Å². The molecular formula is C9H17N3O. The van der Waals surface area contributed by atoms with E-state index < -0.39 is 0 Å². The van der Waals surface area contributed by atoms with Gasteiger partial charge in [-0.1, -0.05) is 0 Å². The smallest absolute Gasteiger partial charge is 0.236 e. The third-order valence-corrected chi connectivity index (χ3v) is 1.81. The van der Waals surface area contributed by atoms with Crippen LogP contribution in [0.2, 0.25) is 0 Å². The van der Waals surface area contributed by atoms with Gasteiger partial charge in [0.05, 0.1) is 12.1 Å². The largest absolute Gasteiger partial charge is 0.358 e. The van der Waals surface area contributed by atoms with Gasteiger partial charge in [0.2, 0.25) is 5.91 Å². The minimum atomic E-state index is -0.146. The summed E-state index contributed by atoms with van der Waals surface area (Å²) < 4.78 is 0. The fourth-order valence-corrected chi connectivity index (χ4v) is 0.957. The van der Waals surface area contributed by atoms with Gasteiger partial charge < -0.3 is 10.6 Å². The SMILES string of the molecule is CNC(=O)C(C)NCCCCC#N. The van der Waals surface area contributed by atoms with Crippen molar-refractivity contribution in [1.29, 1.82) is 5.26 Å². The normalized spacial score (nSPS) is 11.8. The summed E-state index contributed by atoms with van der Waals surface area (Å²) in [6.07, 6.45) is 2.43. The van der Waals surface area contributed by atoms with E-state index in [2.05, 4.69) is 16.7 Å². The number of hydrogen-bond donors (Lipinski definition) is 2. The Kier molecular flexibility index (Phi) is 6.93. The Morgan fingerprint density at radius 3 is 2.77 bits per heavy atom. The molecule has 0 rings (SSSR count). The van der Waals surface area contributed by atoms with E-state index in [4.69, 9.17) is 5.26 Å². The lowest BCUT2D eigenvalue weighted by Gasteiger charge is -2.11. The van der Waals surface area contributed by atoms with Crippen molar-refractivity contribution in [2.75, 3.05) is 13.6 Å². The first-order valence-electron chi connectivity index (χ1n) is 4.54. The highest BCUT2D eigenvalue weighted by atomic mass is 16.2. The number of likely N-dealkylation sites (N-methyl/N-ethyl adjacent to an activating group) is 1. The van der Waals surface area contributed by atoms with Crippen molar-refractivity contribution < 1.29 is 4.79 Å². The van der Waals surface area contributed by atoms with Crippen LogP contribution < -0.4 is 10.6 Å². The number of rotatable bonds is 6. The Balaban J connectivity index is 3.32. The van der Waals surface area contributed by atoms with Crippen LogP contribution in [0.25, 0.3) is 0 Å². The van der Waals surface area contributed by atoms with Crippen LogP contribution in [-0.4, -0.2) is 25.5 Å². The molecular weight excluding hydrogens is 166 g/mol. The summed E-state index contributed by atoms with van der Waals surface area (Å²) in [6.45, 7) is 2.61. The van der Waals surface area contributed by atoms with E-state index >= 15 is 0 Å². The number of carbonyl (C=O) groups is 1. The van der Waals surface area contributed by atoms with Crippen LogP contribution in [0, 0.1) is 11.3 Å². The quantitative estimate of drug-likeness (QED) is 0.586. The average Bonchev–Trinajstić information content (AvgIpc) is 2.16. The van der Waals surface area contributed by atoms with Crippen LogP contribution in [0.4, 0.5) is 0 Å². The van der Waals surface area contributed by atoms with Gasteiger partial charge in [-0.05, 0) is 26.3 Å². The van der Waals surface area contributed by atoms with Crippen molar-refractivity contribution in [3.63, 3.8) is 0 Å². The number of nitrogens with one attached hydrogen (secondary N) is 2. The van der Waals surface area contributed by atoms with Crippen molar-refractivity contribution in [1.82, 2.24) is 10.6 Å². The third-order valence-electron chi connectivity index (χ3n) is 1.81. The molecule has 0 saturated heterocycles. The van der Waals surface area contributed by atoms with Gasteiger partial charge in [-0.3, -0.25) is 4.79 Å². The Morgan fingerprint density at radius 1 is 1.54 bits per heavy atom. The molecule has 0 fully saturated rings. The molecule has 0 aromatic heterocycles. The average molecular weight is 183 g/mol. The fourth-order valence-electron chi connectivity index (χ4n) is 0.957. The third kappa shape index (κ3) is 6.12. The Labute approximate surface area is 79.3 Å². The van der Waals surface area contributed by atoms with E-state index in [9.17, 15) is 4.79 Å². The van der Waals surface area contributed by atoms with Crippen molar-refractivity contribution >= 4 is 5.91 Å². The fraction of sp³-hybridized carbons (Fsp3) is 0.778. The van der Waals surface area contributed by atoms with Gasteiger partial charge >= 0.3 is 0 Å². The topological polar surface area (TPSA) is 64.9 Å². The zero-order valence-corrected chi connectivity index (χ0v) is 8.26. The second-order valence-corrected chi connectivity index (χ2v) is 2.91. The molecule has 0 aromatic rings. The van der Waals surface area contributed by atoms with Gasteiger partial charge in [0.1, 0.15) is 0 Å². The van der Waals surface area contributed by atoms with Gasteiger partial charge in [0, 0.05) is 13.5 Å². The van der Waals surface area contributed by atoms with Gasteiger partial charge in [-0.15, -0.1) is 0 Å². The van der Waals surface area contributed by atoms with E-state index in [0.717, 1.165) is 19.4 Å². The molecule has 0 aliphatic heterocycles. The molecule has 0 aliphatic carbocycles. The van der Waals surface area contributed by atoms with Gasteiger partial charge in [0.25, 0.3) is 0 Å². The first-order chi connectivity index (χ1) is 6.22. The molecule has 0 radical (unpaired) electrons. The van der Waals surface area contributed by atoms with Crippen LogP contribution in [0.1, 0.15) is 26.2 Å². The molecule has 1 unspecified atom stereocenters. The number of amides is 1. The van der Waals surface area contributed by atoms with Crippen LogP contribution >= 0.6 is 0 Å². The molecule has 0 heterocycles. The van der Waals surface area contributed by atoms with Crippen molar-refractivity contribution in [3.8, 4) is 6.07 Å². The number of hydrogen-bond acceptors (Lipinski definition) is 3. The molecule has 0 saturated carbocycles. The van der Waals surface area contributed by atoms with E-state index in [0.29, 0.717) is 6.42 Å². The van der Waals surface area contributed by atoms with E-state index in [1.165, 1.54) is 0 Å². The Hall–Kier alpha value is -1.08. The highest BCUT2D eigenvalue weighted by Gasteiger charge is 2.08. The molecule has 0 bridgehead atoms. The van der Waals surface area contributed by atoms with Crippen LogP contribution in [0.15, 0.2) is 0 Å². The standard InChI is InChI=1S/C9H17N3O/c1-8(9(13)11-2)12-7-5-3-4-6-10/h8,12H,3-5,7H2,1-2H3,(H,11,13). The lowest BCUT2D eigenvalue weighted by Crippen LogP contribution is -2.40. The monoisotopic (exact) mass is 183 g/mol. The second-order valence-electron chi connectivity index (χ2n) is 2.91. The van der Waals surface area contributed by atoms with Crippen molar-refractivity contribution in [2.45, 2.75) is 32.2 Å². The van der Waals surface area contributed by atoms with Gasteiger partial charge in [0.15, 0.2) is 0 Å². The summed E-state index contributed by atoms with van der Waals surface area (Å²) in [7, 11) is 1.62. The molecule has 13 heavy (non-hydrogen) atoms. The first kappa shape index (κ1) is 11.9. The predicted octanol–water partition coefficient (Wildman–Crippen LogP) is 0.404. The van der Waals surface area contributed by atoms with E-state index in [1.807, 2.05) is 6.92 Å². The van der Waals surface area contributed by atoms with Crippen molar-refractivity contribution in [3.05, 3.63) is 0 Å². The summed E-state index contributed by atoms with van der Waals surface area (Å²) in [5.74, 6) is 0.000262. The number of nitriles is 1. The molecule has 74 valence electrons. The Bertz CT molecular complexity index is 186. The summed E-state index contributed by atoms with van der Waals surface area (Å²) in [5, 5.41) is 13.9. The first-order valence-corrected chi connectivity index (χ1v) is 4.54. The summed E-state index contributed by atoms with van der Waals surface area (Å²) in [4.78, 5) is 11.0. The molecule has 1 atom stereocenters. The highest BCUT2D eigenvalue weighted by Crippen LogP contribution is 1.92. The second kappa shape index (κ2) is 7.56. The lowest BCUT2D eigenvalue weighted by atomic mass is 10.2. The minimum absolute atomic E-state index is 0.000262. The molecule has 0 aliphatic rings. The Morgan fingerprint density at radius 2 is 2.23 bits per heavy atom. The summed E-state index contributed by atoms with van der Waals surface area (Å²) in [5.41, 5.74) is 0. The van der Waals surface area contributed by atoms with Crippen LogP contribution in [-0.2, 0) is 4.79 Å². The lowest BCUT2D eigenvalue weighted by molar-refractivity contribution is -0.122. The minimum Gasteiger partial charge on any atom is -0.358 e. The molecule has 0 spiro atoms. The van der Waals surface area contributed by atoms with Gasteiger partial charge in [-0.2, -0.15) is 5.26 Å². The molecule has 4 nitrogen and oxygen atoms in total. The predicted molar refractivity (Wildman–Crippen MR) is 51.0 cm³/mol. The van der Waals surface area contributed by atoms with E-state index in [1.54, 1.807) is 7.05 Å². The number of unbranched alkanes of at least 4 members (excludes halogenated alkanes) is 2. The maximum absolute atomic E-state index is 11.0. The molecule has 2 N–H and O–H groups in total. The van der Waals surface area contributed by atoms with Crippen LogP contribution in [0.3, 0.4) is 0 Å². The maximum atomic E-state index is 11.0. The molecule has 1 amide bonds. The highest BCUT2D eigenvalue weighted by molar-refractivity contribution is 5.80. The summed E-state index contributed by atoms with van der Waals surface area (Å²) >= 11 is 0. The molecule has 0 aromatic carbocycles. The van der Waals surface area contributed by atoms with Crippen molar-refractivity contribution in [2.24, 2.45) is 0 Å². The summed E-state index contributed by atoms with van der Waals surface area (Å²) in [6, 6.07) is 1.94. The zero-order valence-electron chi connectivity index (χ0n) is 8.26. The number of nitrogens with zero attached hydrogens (tertiary/aromatic N) is 1. The maximum Gasteiger partial charge on any atom is 0.236 e. The zero-order chi connectivity index (χ0) is 10.1.